The molecule has 1 aliphatic heterocycles. The highest BCUT2D eigenvalue weighted by atomic mass is 35.5. The Hall–Kier alpha value is -2.26. The summed E-state index contributed by atoms with van der Waals surface area (Å²) in [7, 11) is 0. The highest BCUT2D eigenvalue weighted by Crippen LogP contribution is 2.35. The van der Waals surface area contributed by atoms with Gasteiger partial charge in [-0.1, -0.05) is 29.8 Å². The lowest BCUT2D eigenvalue weighted by Crippen LogP contribution is -2.00. The van der Waals surface area contributed by atoms with Crippen LogP contribution in [-0.2, 0) is 6.61 Å². The minimum Gasteiger partial charge on any atom is -0.489 e. The highest BCUT2D eigenvalue weighted by Gasteiger charge is 2.28. The summed E-state index contributed by atoms with van der Waals surface area (Å²) in [6, 6.07) is 12.8. The van der Waals surface area contributed by atoms with E-state index >= 15 is 0 Å². The molecule has 0 spiro atoms. The summed E-state index contributed by atoms with van der Waals surface area (Å²) in [5, 5.41) is 0.668. The van der Waals surface area contributed by atoms with Gasteiger partial charge in [0, 0.05) is 16.7 Å². The quantitative estimate of drug-likeness (QED) is 0.764. The lowest BCUT2D eigenvalue weighted by Gasteiger charge is -2.08. The fraction of sp³-hybridized carbons (Fsp3) is 0.167. The van der Waals surface area contributed by atoms with Crippen LogP contribution in [0, 0.1) is 0 Å². The molecule has 0 N–H and O–H groups in total. The van der Waals surface area contributed by atoms with E-state index in [2.05, 4.69) is 0 Å². The first-order chi connectivity index (χ1) is 10.6. The van der Waals surface area contributed by atoms with Crippen LogP contribution in [0.15, 0.2) is 53.8 Å². The number of carbonyl (C=O) groups excluding carboxylic acids is 1. The summed E-state index contributed by atoms with van der Waals surface area (Å²) in [5.74, 6) is 1.50. The van der Waals surface area contributed by atoms with Crippen molar-refractivity contribution in [3.8, 4) is 11.5 Å². The van der Waals surface area contributed by atoms with Gasteiger partial charge in [0.2, 0.25) is 5.78 Å². The van der Waals surface area contributed by atoms with Crippen LogP contribution < -0.4 is 9.47 Å². The number of ketones is 1. The number of ether oxygens (including phenoxy) is 2. The van der Waals surface area contributed by atoms with E-state index < -0.39 is 0 Å². The zero-order chi connectivity index (χ0) is 15.7. The first-order valence-corrected chi connectivity index (χ1v) is 7.34. The Morgan fingerprint density at radius 1 is 1.18 bits per heavy atom. The molecule has 1 heterocycles. The van der Waals surface area contributed by atoms with Gasteiger partial charge in [-0.25, -0.2) is 0 Å². The van der Waals surface area contributed by atoms with Crippen LogP contribution in [0.3, 0.4) is 0 Å². The molecule has 22 heavy (non-hydrogen) atoms. The fourth-order valence-corrected chi connectivity index (χ4v) is 2.44. The smallest absolute Gasteiger partial charge is 0.231 e. The van der Waals surface area contributed by atoms with Gasteiger partial charge in [0.15, 0.2) is 5.76 Å². The Labute approximate surface area is 134 Å². The van der Waals surface area contributed by atoms with E-state index in [-0.39, 0.29) is 5.78 Å². The van der Waals surface area contributed by atoms with Gasteiger partial charge in [0.25, 0.3) is 0 Å². The van der Waals surface area contributed by atoms with Crippen molar-refractivity contribution in [2.75, 3.05) is 0 Å². The van der Waals surface area contributed by atoms with Crippen LogP contribution in [0.4, 0.5) is 0 Å². The Bertz CT molecular complexity index is 774. The predicted molar refractivity (Wildman–Crippen MR) is 85.6 cm³/mol. The first kappa shape index (κ1) is 14.7. The van der Waals surface area contributed by atoms with Crippen molar-refractivity contribution in [3.05, 3.63) is 69.9 Å². The monoisotopic (exact) mass is 314 g/mol. The highest BCUT2D eigenvalue weighted by molar-refractivity contribution is 6.31. The minimum absolute atomic E-state index is 0.0762. The molecule has 2 aromatic carbocycles. The van der Waals surface area contributed by atoms with Crippen molar-refractivity contribution >= 4 is 17.4 Å². The van der Waals surface area contributed by atoms with E-state index in [0.29, 0.717) is 34.5 Å². The van der Waals surface area contributed by atoms with Gasteiger partial charge in [-0.05, 0) is 37.6 Å². The first-order valence-electron chi connectivity index (χ1n) is 6.96. The number of allylic oxidation sites excluding steroid dienone is 2. The number of Topliss-reactive ketones (excluding diaryl/α,β-unsaturated/α-hetero) is 1. The molecule has 0 saturated carbocycles. The lowest BCUT2D eigenvalue weighted by atomic mass is 10.1. The van der Waals surface area contributed by atoms with E-state index in [1.165, 1.54) is 0 Å². The van der Waals surface area contributed by atoms with Crippen LogP contribution in [0.2, 0.25) is 5.02 Å². The molecule has 0 saturated heterocycles. The number of halogens is 1. The van der Waals surface area contributed by atoms with Crippen molar-refractivity contribution in [2.45, 2.75) is 20.5 Å². The van der Waals surface area contributed by atoms with Crippen LogP contribution in [-0.4, -0.2) is 5.78 Å². The Morgan fingerprint density at radius 3 is 2.68 bits per heavy atom. The number of rotatable bonds is 3. The molecule has 0 aromatic heterocycles. The molecule has 0 amide bonds. The second kappa shape index (κ2) is 5.85. The van der Waals surface area contributed by atoms with Gasteiger partial charge in [-0.15, -0.1) is 0 Å². The number of fused-ring (bicyclic) bond motifs is 1. The molecule has 0 aliphatic carbocycles. The second-order valence-electron chi connectivity index (χ2n) is 5.30. The van der Waals surface area contributed by atoms with Gasteiger partial charge in [-0.3, -0.25) is 4.79 Å². The van der Waals surface area contributed by atoms with E-state index in [4.69, 9.17) is 21.1 Å². The maximum absolute atomic E-state index is 12.1. The third-order valence-electron chi connectivity index (χ3n) is 3.42. The Balaban J connectivity index is 1.79. The molecule has 112 valence electrons. The zero-order valence-corrected chi connectivity index (χ0v) is 13.1. The SMILES string of the molecule is CC(C)=C1Oc2cc(OCc3ccccc3Cl)ccc2C1=O. The fourth-order valence-electron chi connectivity index (χ4n) is 2.25. The second-order valence-corrected chi connectivity index (χ2v) is 5.71. The average Bonchev–Trinajstić information content (AvgIpc) is 2.83. The van der Waals surface area contributed by atoms with Gasteiger partial charge in [-0.2, -0.15) is 0 Å². The maximum atomic E-state index is 12.1. The molecular weight excluding hydrogens is 300 g/mol. The average molecular weight is 315 g/mol. The lowest BCUT2D eigenvalue weighted by molar-refractivity contribution is 0.101. The number of hydrogen-bond donors (Lipinski definition) is 0. The standard InChI is InChI=1S/C18H15ClO3/c1-11(2)18-17(20)14-8-7-13(9-16(14)22-18)21-10-12-5-3-4-6-15(12)19/h3-9H,10H2,1-2H3. The summed E-state index contributed by atoms with van der Waals surface area (Å²) in [5.41, 5.74) is 2.34. The van der Waals surface area contributed by atoms with E-state index in [1.807, 2.05) is 38.1 Å². The van der Waals surface area contributed by atoms with E-state index in [1.54, 1.807) is 18.2 Å². The third-order valence-corrected chi connectivity index (χ3v) is 3.79. The van der Waals surface area contributed by atoms with Crippen LogP contribution in [0.5, 0.6) is 11.5 Å². The Morgan fingerprint density at radius 2 is 1.95 bits per heavy atom. The minimum atomic E-state index is -0.0762. The van der Waals surface area contributed by atoms with Gasteiger partial charge >= 0.3 is 0 Å². The van der Waals surface area contributed by atoms with E-state index in [0.717, 1.165) is 11.1 Å². The number of carbonyl (C=O) groups is 1. The predicted octanol–water partition coefficient (Wildman–Crippen LogP) is 4.79. The molecule has 0 radical (unpaired) electrons. The van der Waals surface area contributed by atoms with Gasteiger partial charge in [0.1, 0.15) is 18.1 Å². The molecule has 0 bridgehead atoms. The van der Waals surface area contributed by atoms with Crippen molar-refractivity contribution in [3.63, 3.8) is 0 Å². The van der Waals surface area contributed by atoms with Crippen molar-refractivity contribution in [2.24, 2.45) is 0 Å². The summed E-state index contributed by atoms with van der Waals surface area (Å²) in [6.07, 6.45) is 0. The molecule has 0 atom stereocenters. The molecule has 0 unspecified atom stereocenters. The Kier molecular flexibility index (Phi) is 3.90. The van der Waals surface area contributed by atoms with Gasteiger partial charge < -0.3 is 9.47 Å². The van der Waals surface area contributed by atoms with Crippen LogP contribution >= 0.6 is 11.6 Å². The summed E-state index contributed by atoms with van der Waals surface area (Å²) in [4.78, 5) is 12.1. The van der Waals surface area contributed by atoms with Crippen molar-refractivity contribution in [1.29, 1.82) is 0 Å². The van der Waals surface area contributed by atoms with E-state index in [9.17, 15) is 4.79 Å². The topological polar surface area (TPSA) is 35.5 Å². The number of benzene rings is 2. The molecular formula is C18H15ClO3. The summed E-state index contributed by atoms with van der Waals surface area (Å²) < 4.78 is 11.4. The molecule has 4 heteroatoms. The maximum Gasteiger partial charge on any atom is 0.231 e. The van der Waals surface area contributed by atoms with Gasteiger partial charge in [0.05, 0.1) is 5.56 Å². The van der Waals surface area contributed by atoms with Crippen molar-refractivity contribution in [1.82, 2.24) is 0 Å². The molecule has 0 fully saturated rings. The molecule has 3 rings (SSSR count). The molecule has 2 aromatic rings. The zero-order valence-electron chi connectivity index (χ0n) is 12.4. The largest absolute Gasteiger partial charge is 0.489 e. The summed E-state index contributed by atoms with van der Waals surface area (Å²) in [6.45, 7) is 4.07. The molecule has 1 aliphatic rings. The van der Waals surface area contributed by atoms with Crippen LogP contribution in [0.25, 0.3) is 0 Å². The summed E-state index contributed by atoms with van der Waals surface area (Å²) >= 11 is 6.10. The third kappa shape index (κ3) is 2.72. The molecule has 3 nitrogen and oxygen atoms in total. The normalized spacial score (nSPS) is 12.9. The van der Waals surface area contributed by atoms with Crippen LogP contribution in [0.1, 0.15) is 29.8 Å². The van der Waals surface area contributed by atoms with Crippen molar-refractivity contribution < 1.29 is 14.3 Å². The number of hydrogen-bond acceptors (Lipinski definition) is 3.